The minimum Gasteiger partial charge on any atom is -0.481 e. The van der Waals surface area contributed by atoms with Crippen molar-refractivity contribution < 1.29 is 18.3 Å². The molecule has 6 heteroatoms. The molecule has 0 atom stereocenters. The molecule has 0 heterocycles. The van der Waals surface area contributed by atoms with Gasteiger partial charge < -0.3 is 5.11 Å². The van der Waals surface area contributed by atoms with Gasteiger partial charge in [0.05, 0.1) is 10.6 Å². The molecule has 23 heavy (non-hydrogen) atoms. The van der Waals surface area contributed by atoms with E-state index in [9.17, 15) is 13.2 Å². The quantitative estimate of drug-likeness (QED) is 0.726. The van der Waals surface area contributed by atoms with E-state index in [0.29, 0.717) is 24.9 Å². The second-order valence-corrected chi connectivity index (χ2v) is 6.86. The van der Waals surface area contributed by atoms with E-state index in [1.165, 1.54) is 12.1 Å². The minimum absolute atomic E-state index is 0.123. The van der Waals surface area contributed by atoms with E-state index in [-0.39, 0.29) is 11.3 Å². The first kappa shape index (κ1) is 17.0. The zero-order chi connectivity index (χ0) is 16.7. The molecule has 0 amide bonds. The number of aryl methyl sites for hydroxylation is 1. The average Bonchev–Trinajstić information content (AvgIpc) is 2.53. The van der Waals surface area contributed by atoms with Gasteiger partial charge >= 0.3 is 5.97 Å². The van der Waals surface area contributed by atoms with Crippen molar-refractivity contribution in [2.24, 2.45) is 0 Å². The number of anilines is 1. The van der Waals surface area contributed by atoms with Gasteiger partial charge in [-0.3, -0.25) is 9.52 Å². The molecule has 0 aliphatic rings. The molecule has 2 N–H and O–H groups in total. The average molecular weight is 333 g/mol. The van der Waals surface area contributed by atoms with Crippen LogP contribution in [0.1, 0.15) is 24.8 Å². The van der Waals surface area contributed by atoms with E-state index in [1.54, 1.807) is 30.3 Å². The predicted molar refractivity (Wildman–Crippen MR) is 88.9 cm³/mol. The van der Waals surface area contributed by atoms with Gasteiger partial charge in [0, 0.05) is 6.42 Å². The molecule has 122 valence electrons. The number of carboxylic acids is 1. The van der Waals surface area contributed by atoms with Gasteiger partial charge in [-0.05, 0) is 43.0 Å². The van der Waals surface area contributed by atoms with Crippen molar-refractivity contribution in [3.05, 3.63) is 60.2 Å². The molecule has 0 aliphatic carbocycles. The van der Waals surface area contributed by atoms with Crippen molar-refractivity contribution in [2.45, 2.75) is 30.6 Å². The summed E-state index contributed by atoms with van der Waals surface area (Å²) in [6.07, 6.45) is 2.00. The summed E-state index contributed by atoms with van der Waals surface area (Å²) in [4.78, 5) is 10.7. The number of unbranched alkanes of at least 4 members (excludes halogenated alkanes) is 1. The van der Waals surface area contributed by atoms with Gasteiger partial charge in [0.2, 0.25) is 0 Å². The van der Waals surface area contributed by atoms with Crippen molar-refractivity contribution in [3.8, 4) is 0 Å². The molecule has 2 aromatic rings. The van der Waals surface area contributed by atoms with Gasteiger partial charge in [-0.25, -0.2) is 8.42 Å². The lowest BCUT2D eigenvalue weighted by Crippen LogP contribution is -2.14. The van der Waals surface area contributed by atoms with Gasteiger partial charge in [0.25, 0.3) is 10.0 Å². The van der Waals surface area contributed by atoms with Crippen LogP contribution in [0.25, 0.3) is 0 Å². The van der Waals surface area contributed by atoms with E-state index in [0.717, 1.165) is 5.56 Å². The number of carbonyl (C=O) groups is 1. The lowest BCUT2D eigenvalue weighted by atomic mass is 10.1. The zero-order valence-electron chi connectivity index (χ0n) is 12.6. The number of para-hydroxylation sites is 1. The largest absolute Gasteiger partial charge is 0.481 e. The van der Waals surface area contributed by atoms with Crippen LogP contribution in [0.3, 0.4) is 0 Å². The Morgan fingerprint density at radius 3 is 2.30 bits per heavy atom. The Bertz CT molecular complexity index is 757. The van der Waals surface area contributed by atoms with Crippen LogP contribution in [0.5, 0.6) is 0 Å². The summed E-state index contributed by atoms with van der Waals surface area (Å²) >= 11 is 0. The van der Waals surface area contributed by atoms with E-state index >= 15 is 0 Å². The number of carboxylic acid groups (broad SMARTS) is 1. The van der Waals surface area contributed by atoms with Crippen molar-refractivity contribution in [1.82, 2.24) is 0 Å². The Balaban J connectivity index is 2.10. The molecule has 5 nitrogen and oxygen atoms in total. The SMILES string of the molecule is O=C(O)CCCCc1ccccc1NS(=O)(=O)c1ccccc1. The Morgan fingerprint density at radius 1 is 0.957 bits per heavy atom. The highest BCUT2D eigenvalue weighted by molar-refractivity contribution is 7.92. The molecule has 0 radical (unpaired) electrons. The third kappa shape index (κ3) is 5.10. The van der Waals surface area contributed by atoms with Crippen LogP contribution in [0.2, 0.25) is 0 Å². The molecule has 0 spiro atoms. The summed E-state index contributed by atoms with van der Waals surface area (Å²) in [6.45, 7) is 0. The topological polar surface area (TPSA) is 83.5 Å². The highest BCUT2D eigenvalue weighted by Gasteiger charge is 2.15. The van der Waals surface area contributed by atoms with Crippen molar-refractivity contribution in [1.29, 1.82) is 0 Å². The summed E-state index contributed by atoms with van der Waals surface area (Å²) in [5.41, 5.74) is 1.39. The van der Waals surface area contributed by atoms with Crippen molar-refractivity contribution in [3.63, 3.8) is 0 Å². The van der Waals surface area contributed by atoms with Crippen LogP contribution in [0.4, 0.5) is 5.69 Å². The molecule has 0 unspecified atom stereocenters. The monoisotopic (exact) mass is 333 g/mol. The molecule has 0 bridgehead atoms. The first-order valence-corrected chi connectivity index (χ1v) is 8.85. The summed E-state index contributed by atoms with van der Waals surface area (Å²) in [6, 6.07) is 15.4. The lowest BCUT2D eigenvalue weighted by Gasteiger charge is -2.12. The fourth-order valence-corrected chi connectivity index (χ4v) is 3.35. The van der Waals surface area contributed by atoms with E-state index in [1.807, 2.05) is 12.1 Å². The summed E-state index contributed by atoms with van der Waals surface area (Å²) in [7, 11) is -3.62. The molecule has 2 rings (SSSR count). The fraction of sp³-hybridized carbons (Fsp3) is 0.235. The second kappa shape index (κ2) is 7.78. The molecular formula is C17H19NO4S. The molecule has 0 aliphatic heterocycles. The number of aliphatic carboxylic acids is 1. The van der Waals surface area contributed by atoms with Gasteiger partial charge in [-0.1, -0.05) is 36.4 Å². The Kier molecular flexibility index (Phi) is 5.76. The van der Waals surface area contributed by atoms with Gasteiger partial charge in [-0.15, -0.1) is 0 Å². The van der Waals surface area contributed by atoms with Crippen LogP contribution in [0, 0.1) is 0 Å². The van der Waals surface area contributed by atoms with Crippen LogP contribution < -0.4 is 4.72 Å². The molecule has 0 saturated heterocycles. The zero-order valence-corrected chi connectivity index (χ0v) is 13.4. The van der Waals surface area contributed by atoms with Gasteiger partial charge in [-0.2, -0.15) is 0 Å². The molecule has 2 aromatic carbocycles. The Morgan fingerprint density at radius 2 is 1.61 bits per heavy atom. The third-order valence-electron chi connectivity index (χ3n) is 3.40. The number of hydrogen-bond acceptors (Lipinski definition) is 3. The number of sulfonamides is 1. The molecule has 0 saturated carbocycles. The molecule has 0 fully saturated rings. The Labute approximate surface area is 136 Å². The van der Waals surface area contributed by atoms with Gasteiger partial charge in [0.1, 0.15) is 0 Å². The summed E-state index contributed by atoms with van der Waals surface area (Å²) in [5, 5.41) is 8.65. The van der Waals surface area contributed by atoms with E-state index in [2.05, 4.69) is 4.72 Å². The summed E-state index contributed by atoms with van der Waals surface area (Å²) in [5.74, 6) is -0.817. The normalized spacial score (nSPS) is 11.1. The number of benzene rings is 2. The highest BCUT2D eigenvalue weighted by atomic mass is 32.2. The van der Waals surface area contributed by atoms with Crippen molar-refractivity contribution in [2.75, 3.05) is 4.72 Å². The van der Waals surface area contributed by atoms with Crippen LogP contribution in [0.15, 0.2) is 59.5 Å². The highest BCUT2D eigenvalue weighted by Crippen LogP contribution is 2.21. The standard InChI is InChI=1S/C17H19NO4S/c19-17(20)13-7-5-9-14-8-4-6-12-16(14)18-23(21,22)15-10-2-1-3-11-15/h1-4,6,8,10-12,18H,5,7,9,13H2,(H,19,20). The molecule has 0 aromatic heterocycles. The fourth-order valence-electron chi connectivity index (χ4n) is 2.23. The first-order chi connectivity index (χ1) is 11.0. The van der Waals surface area contributed by atoms with Crippen molar-refractivity contribution >= 4 is 21.7 Å². The lowest BCUT2D eigenvalue weighted by molar-refractivity contribution is -0.137. The molecular weight excluding hydrogens is 314 g/mol. The third-order valence-corrected chi connectivity index (χ3v) is 4.78. The summed E-state index contributed by atoms with van der Waals surface area (Å²) < 4.78 is 27.4. The predicted octanol–water partition coefficient (Wildman–Crippen LogP) is 3.28. The maximum Gasteiger partial charge on any atom is 0.303 e. The minimum atomic E-state index is -3.62. The number of rotatable bonds is 8. The van der Waals surface area contributed by atoms with Gasteiger partial charge in [0.15, 0.2) is 0 Å². The first-order valence-electron chi connectivity index (χ1n) is 7.36. The van der Waals surface area contributed by atoms with Crippen LogP contribution in [-0.2, 0) is 21.2 Å². The second-order valence-electron chi connectivity index (χ2n) is 5.18. The smallest absolute Gasteiger partial charge is 0.303 e. The van der Waals surface area contributed by atoms with E-state index in [4.69, 9.17) is 5.11 Å². The van der Waals surface area contributed by atoms with Crippen LogP contribution in [-0.4, -0.2) is 19.5 Å². The van der Waals surface area contributed by atoms with Crippen LogP contribution >= 0.6 is 0 Å². The Hall–Kier alpha value is -2.34. The maximum atomic E-state index is 12.4. The van der Waals surface area contributed by atoms with E-state index < -0.39 is 16.0 Å². The number of hydrogen-bond donors (Lipinski definition) is 2. The maximum absolute atomic E-state index is 12.4. The number of nitrogens with one attached hydrogen (secondary N) is 1.